The quantitative estimate of drug-likeness (QED) is 0.468. The minimum Gasteiger partial charge on any atom is -0.549 e. The average Bonchev–Trinajstić information content (AvgIpc) is 2.02. The van der Waals surface area contributed by atoms with Crippen molar-refractivity contribution in [1.82, 2.24) is 0 Å². The molecule has 0 spiro atoms. The van der Waals surface area contributed by atoms with Crippen molar-refractivity contribution in [3.8, 4) is 0 Å². The third-order valence-electron chi connectivity index (χ3n) is 1.18. The van der Waals surface area contributed by atoms with Crippen molar-refractivity contribution in [2.24, 2.45) is 0 Å². The summed E-state index contributed by atoms with van der Waals surface area (Å²) in [5.41, 5.74) is -0.0581. The summed E-state index contributed by atoms with van der Waals surface area (Å²) in [7, 11) is 0.942. The van der Waals surface area contributed by atoms with Crippen LogP contribution in [-0.4, -0.2) is 5.60 Å². The van der Waals surface area contributed by atoms with Gasteiger partial charge in [-0.3, -0.25) is 0 Å². The fourth-order valence-corrected chi connectivity index (χ4v) is 1.35. The molecule has 0 amide bonds. The van der Waals surface area contributed by atoms with Gasteiger partial charge in [-0.15, -0.1) is 0 Å². The van der Waals surface area contributed by atoms with E-state index in [1.54, 1.807) is 0 Å². The summed E-state index contributed by atoms with van der Waals surface area (Å²) >= 11 is 0. The molecule has 1 rings (SSSR count). The van der Waals surface area contributed by atoms with Crippen LogP contribution in [0.15, 0.2) is 30.3 Å². The van der Waals surface area contributed by atoms with Crippen LogP contribution in [0.25, 0.3) is 0 Å². The van der Waals surface area contributed by atoms with E-state index in [1.165, 1.54) is 5.30 Å². The summed E-state index contributed by atoms with van der Waals surface area (Å²) < 4.78 is 5.59. The van der Waals surface area contributed by atoms with E-state index in [0.717, 1.165) is 8.81 Å². The fraction of sp³-hybridized carbons (Fsp3) is 0.400. The molecule has 0 aliphatic carbocycles. The van der Waals surface area contributed by atoms with E-state index < -0.39 is 0 Å². The Kier molecular flexibility index (Phi) is 5.93. The van der Waals surface area contributed by atoms with Crippen molar-refractivity contribution in [2.45, 2.75) is 26.4 Å². The number of rotatable bonds is 2. The normalized spacial score (nSPS) is 11.6. The minimum atomic E-state index is -0.0581. The van der Waals surface area contributed by atoms with Gasteiger partial charge < -0.3 is 13.3 Å². The Balaban J connectivity index is 0.00000144. The fourth-order valence-electron chi connectivity index (χ4n) is 0.678. The molecule has 0 unspecified atom stereocenters. The zero-order chi connectivity index (χ0) is 9.03. The molecule has 13 heavy (non-hydrogen) atoms. The van der Waals surface area contributed by atoms with E-state index in [-0.39, 0.29) is 24.5 Å². The standard InChI is InChI=1S/C10H14OP.Li/c1-10(2,3)11-12-9-7-5-4-6-8-9;/h4-8H,1-3H3;/q-1;+1. The van der Waals surface area contributed by atoms with Gasteiger partial charge in [-0.1, -0.05) is 30.3 Å². The van der Waals surface area contributed by atoms with Crippen LogP contribution in [0.1, 0.15) is 20.8 Å². The van der Waals surface area contributed by atoms with E-state index in [0.29, 0.717) is 0 Å². The Labute approximate surface area is 94.3 Å². The van der Waals surface area contributed by atoms with Crippen LogP contribution in [0.4, 0.5) is 0 Å². The second-order valence-corrected chi connectivity index (χ2v) is 4.51. The van der Waals surface area contributed by atoms with E-state index in [4.69, 9.17) is 4.52 Å². The van der Waals surface area contributed by atoms with Crippen molar-refractivity contribution in [2.75, 3.05) is 0 Å². The van der Waals surface area contributed by atoms with Gasteiger partial charge in [0.1, 0.15) is 0 Å². The smallest absolute Gasteiger partial charge is 0.549 e. The Bertz CT molecular complexity index is 230. The molecule has 1 nitrogen and oxygen atoms in total. The van der Waals surface area contributed by atoms with Crippen LogP contribution >= 0.6 is 8.81 Å². The van der Waals surface area contributed by atoms with Crippen LogP contribution in [0, 0.1) is 0 Å². The Morgan fingerprint density at radius 2 is 1.62 bits per heavy atom. The van der Waals surface area contributed by atoms with Gasteiger partial charge in [-0.25, -0.2) is 0 Å². The van der Waals surface area contributed by atoms with Crippen LogP contribution in [0.2, 0.25) is 0 Å². The monoisotopic (exact) mass is 188 g/mol. The van der Waals surface area contributed by atoms with Gasteiger partial charge in [0.15, 0.2) is 0 Å². The van der Waals surface area contributed by atoms with Gasteiger partial charge in [0.2, 0.25) is 0 Å². The molecule has 1 aromatic rings. The van der Waals surface area contributed by atoms with Crippen molar-refractivity contribution < 1.29 is 23.4 Å². The molecule has 0 aliphatic rings. The van der Waals surface area contributed by atoms with Crippen molar-refractivity contribution in [3.63, 3.8) is 0 Å². The van der Waals surface area contributed by atoms with Crippen molar-refractivity contribution in [3.05, 3.63) is 30.3 Å². The van der Waals surface area contributed by atoms with Gasteiger partial charge in [0.05, 0.1) is 0 Å². The van der Waals surface area contributed by atoms with Gasteiger partial charge in [-0.05, 0) is 20.8 Å². The molecular weight excluding hydrogens is 174 g/mol. The summed E-state index contributed by atoms with van der Waals surface area (Å²) in [4.78, 5) is 0. The SMILES string of the molecule is CC(C)(C)O[P-]c1ccccc1.[Li+]. The number of hydrogen-bond acceptors (Lipinski definition) is 1. The predicted octanol–water partition coefficient (Wildman–Crippen LogP) is -0.00780. The maximum absolute atomic E-state index is 5.59. The Morgan fingerprint density at radius 3 is 2.08 bits per heavy atom. The summed E-state index contributed by atoms with van der Waals surface area (Å²) in [6, 6.07) is 10.2. The van der Waals surface area contributed by atoms with Crippen LogP contribution in [0.5, 0.6) is 0 Å². The van der Waals surface area contributed by atoms with Crippen molar-refractivity contribution in [1.29, 1.82) is 0 Å². The maximum Gasteiger partial charge on any atom is 1.00 e. The molecule has 0 N–H and O–H groups in total. The molecule has 0 radical (unpaired) electrons. The molecule has 0 saturated heterocycles. The average molecular weight is 188 g/mol. The molecule has 0 atom stereocenters. The second-order valence-electron chi connectivity index (χ2n) is 3.63. The summed E-state index contributed by atoms with van der Waals surface area (Å²) in [5.74, 6) is 0. The first-order chi connectivity index (χ1) is 5.58. The Hall–Kier alpha value is 0.207. The van der Waals surface area contributed by atoms with Crippen LogP contribution in [-0.2, 0) is 4.52 Å². The van der Waals surface area contributed by atoms with Crippen molar-refractivity contribution >= 4 is 14.1 Å². The summed E-state index contributed by atoms with van der Waals surface area (Å²) in [6.45, 7) is 6.18. The zero-order valence-corrected chi connectivity index (χ0v) is 9.64. The molecule has 0 bridgehead atoms. The minimum absolute atomic E-state index is 0. The third-order valence-corrected chi connectivity index (χ3v) is 2.33. The van der Waals surface area contributed by atoms with Gasteiger partial charge in [0, 0.05) is 5.60 Å². The first-order valence-electron chi connectivity index (χ1n) is 4.02. The van der Waals surface area contributed by atoms with Crippen LogP contribution < -0.4 is 24.2 Å². The van der Waals surface area contributed by atoms with Gasteiger partial charge in [-0.2, -0.15) is 5.30 Å². The topological polar surface area (TPSA) is 9.23 Å². The first kappa shape index (κ1) is 13.2. The van der Waals surface area contributed by atoms with Gasteiger partial charge >= 0.3 is 18.9 Å². The molecular formula is C10H14LiOP. The second kappa shape index (κ2) is 5.84. The molecule has 0 saturated carbocycles. The first-order valence-corrected chi connectivity index (χ1v) is 4.83. The molecule has 3 heteroatoms. The molecule has 0 aliphatic heterocycles. The predicted molar refractivity (Wildman–Crippen MR) is 53.8 cm³/mol. The Morgan fingerprint density at radius 1 is 1.08 bits per heavy atom. The molecule has 0 heterocycles. The number of benzene rings is 1. The third kappa shape index (κ3) is 6.30. The van der Waals surface area contributed by atoms with E-state index in [2.05, 4.69) is 32.9 Å². The maximum atomic E-state index is 5.59. The van der Waals surface area contributed by atoms with Gasteiger partial charge in [0.25, 0.3) is 0 Å². The van der Waals surface area contributed by atoms with E-state index in [9.17, 15) is 0 Å². The number of hydrogen-bond donors (Lipinski definition) is 0. The zero-order valence-electron chi connectivity index (χ0n) is 8.74. The van der Waals surface area contributed by atoms with E-state index in [1.807, 2.05) is 18.2 Å². The largest absolute Gasteiger partial charge is 1.00 e. The molecule has 0 aromatic heterocycles. The van der Waals surface area contributed by atoms with Crippen LogP contribution in [0.3, 0.4) is 0 Å². The molecule has 0 fully saturated rings. The molecule has 1 aromatic carbocycles. The van der Waals surface area contributed by atoms with E-state index >= 15 is 0 Å². The summed E-state index contributed by atoms with van der Waals surface area (Å²) in [5, 5.41) is 1.20. The summed E-state index contributed by atoms with van der Waals surface area (Å²) in [6.07, 6.45) is 0. The molecule has 66 valence electrons.